The molecule has 4 rings (SSSR count). The van der Waals surface area contributed by atoms with Crippen LogP contribution >= 0.6 is 11.3 Å². The molecule has 8 nitrogen and oxygen atoms in total. The third-order valence-electron chi connectivity index (χ3n) is 3.71. The number of anilines is 1. The Morgan fingerprint density at radius 2 is 1.92 bits per heavy atom. The van der Waals surface area contributed by atoms with Crippen molar-refractivity contribution in [3.05, 3.63) is 41.5 Å². The molecule has 0 aliphatic carbocycles. The number of thiazole rings is 1. The molecule has 9 heteroatoms. The number of nitrogens with one attached hydrogen (secondary N) is 1. The van der Waals surface area contributed by atoms with Crippen molar-refractivity contribution in [1.82, 2.24) is 24.8 Å². The summed E-state index contributed by atoms with van der Waals surface area (Å²) in [6.07, 6.45) is 1.74. The van der Waals surface area contributed by atoms with Crippen molar-refractivity contribution in [3.8, 4) is 10.8 Å². The lowest BCUT2D eigenvalue weighted by Crippen LogP contribution is -2.07. The van der Waals surface area contributed by atoms with E-state index in [1.54, 1.807) is 6.20 Å². The van der Waals surface area contributed by atoms with Gasteiger partial charge in [-0.05, 0) is 31.2 Å². The van der Waals surface area contributed by atoms with Crippen molar-refractivity contribution in [3.63, 3.8) is 0 Å². The monoisotopic (exact) mass is 352 g/mol. The summed E-state index contributed by atoms with van der Waals surface area (Å²) in [5.41, 5.74) is 4.04. The van der Waals surface area contributed by atoms with Crippen LogP contribution in [0.2, 0.25) is 0 Å². The Bertz CT molecular complexity index is 1020. The number of nitrogens with zero attached hydrogens (tertiary/aromatic N) is 7. The van der Waals surface area contributed by atoms with E-state index in [1.165, 1.54) is 16.0 Å². The molecule has 0 saturated carbocycles. The van der Waals surface area contributed by atoms with Crippen LogP contribution < -0.4 is 4.90 Å². The van der Waals surface area contributed by atoms with E-state index in [4.69, 9.17) is 0 Å². The van der Waals surface area contributed by atoms with Crippen molar-refractivity contribution in [2.45, 2.75) is 6.92 Å². The van der Waals surface area contributed by atoms with Crippen LogP contribution in [0.15, 0.2) is 46.1 Å². The van der Waals surface area contributed by atoms with E-state index in [0.717, 1.165) is 22.1 Å². The van der Waals surface area contributed by atoms with Crippen LogP contribution in [-0.2, 0) is 0 Å². The van der Waals surface area contributed by atoms with Gasteiger partial charge in [0.25, 0.3) is 0 Å². The lowest BCUT2D eigenvalue weighted by atomic mass is 10.3. The highest BCUT2D eigenvalue weighted by atomic mass is 32.1. The molecule has 3 heterocycles. The predicted octanol–water partition coefficient (Wildman–Crippen LogP) is 3.97. The van der Waals surface area contributed by atoms with Gasteiger partial charge >= 0.3 is 0 Å². The number of aromatic nitrogens is 5. The third kappa shape index (κ3) is 2.89. The number of aryl methyl sites for hydroxylation is 1. The third-order valence-corrected chi connectivity index (χ3v) is 4.49. The van der Waals surface area contributed by atoms with Gasteiger partial charge < -0.3 is 9.88 Å². The molecule has 1 N–H and O–H groups in total. The fraction of sp³-hybridized carbons (Fsp3) is 0.188. The molecule has 0 spiro atoms. The lowest BCUT2D eigenvalue weighted by molar-refractivity contribution is 0.810. The molecule has 0 aliphatic rings. The van der Waals surface area contributed by atoms with Crippen LogP contribution in [0.1, 0.15) is 5.69 Å². The second-order valence-electron chi connectivity index (χ2n) is 5.69. The lowest BCUT2D eigenvalue weighted by Gasteiger charge is -2.11. The summed E-state index contributed by atoms with van der Waals surface area (Å²) in [5.74, 6) is 0.671. The zero-order chi connectivity index (χ0) is 17.4. The SMILES string of the molecule is Cc1nn2nc(-c3nccs3)[nH]c2c1N=Nc1ccc(N(C)C)cc1. The molecule has 4 aromatic rings. The van der Waals surface area contributed by atoms with Gasteiger partial charge in [-0.2, -0.15) is 10.2 Å². The zero-order valence-electron chi connectivity index (χ0n) is 14.0. The normalized spacial score (nSPS) is 11.6. The van der Waals surface area contributed by atoms with Crippen molar-refractivity contribution >= 4 is 34.0 Å². The maximum atomic E-state index is 4.41. The van der Waals surface area contributed by atoms with E-state index in [9.17, 15) is 0 Å². The van der Waals surface area contributed by atoms with E-state index in [2.05, 4.69) is 30.4 Å². The van der Waals surface area contributed by atoms with Crippen LogP contribution in [0.25, 0.3) is 16.5 Å². The number of rotatable bonds is 4. The second-order valence-corrected chi connectivity index (χ2v) is 6.59. The van der Waals surface area contributed by atoms with Gasteiger partial charge in [0.15, 0.2) is 22.2 Å². The molecule has 0 radical (unpaired) electrons. The molecular formula is C16H16N8S. The fourth-order valence-corrected chi connectivity index (χ4v) is 2.98. The first-order chi connectivity index (χ1) is 12.1. The summed E-state index contributed by atoms with van der Waals surface area (Å²) in [4.78, 5) is 9.52. The molecule has 0 amide bonds. The Balaban J connectivity index is 1.67. The molecular weight excluding hydrogens is 336 g/mol. The standard InChI is InChI=1S/C16H16N8S/c1-10-13(20-19-11-4-6-12(7-5-11)23(2)3)15-18-14(22-24(15)21-10)16-17-8-9-25-16/h4-9H,1-3H3,(H,18,22). The topological polar surface area (TPSA) is 86.8 Å². The van der Waals surface area contributed by atoms with Gasteiger partial charge in [0.2, 0.25) is 0 Å². The van der Waals surface area contributed by atoms with Gasteiger partial charge in [-0.3, -0.25) is 0 Å². The summed E-state index contributed by atoms with van der Waals surface area (Å²) in [6, 6.07) is 7.88. The van der Waals surface area contributed by atoms with Gasteiger partial charge in [-0.15, -0.1) is 26.2 Å². The molecule has 1 aromatic carbocycles. The maximum absolute atomic E-state index is 4.41. The Kier molecular flexibility index (Phi) is 3.77. The average molecular weight is 352 g/mol. The number of benzene rings is 1. The smallest absolute Gasteiger partial charge is 0.190 e. The minimum atomic E-state index is 0.671. The Morgan fingerprint density at radius 1 is 1.12 bits per heavy atom. The molecule has 0 atom stereocenters. The van der Waals surface area contributed by atoms with Crippen molar-refractivity contribution < 1.29 is 0 Å². The van der Waals surface area contributed by atoms with E-state index in [1.807, 2.05) is 55.6 Å². The second kappa shape index (κ2) is 6.10. The van der Waals surface area contributed by atoms with Crippen molar-refractivity contribution in [2.75, 3.05) is 19.0 Å². The minimum Gasteiger partial charge on any atom is -0.378 e. The molecule has 0 unspecified atom stereocenters. The summed E-state index contributed by atoms with van der Waals surface area (Å²) in [7, 11) is 4.00. The van der Waals surface area contributed by atoms with Crippen LogP contribution in [0.4, 0.5) is 17.1 Å². The highest BCUT2D eigenvalue weighted by Crippen LogP contribution is 2.28. The molecule has 3 aromatic heterocycles. The minimum absolute atomic E-state index is 0.671. The molecule has 0 bridgehead atoms. The van der Waals surface area contributed by atoms with Crippen molar-refractivity contribution in [2.24, 2.45) is 10.2 Å². The van der Waals surface area contributed by atoms with E-state index in [-0.39, 0.29) is 0 Å². The van der Waals surface area contributed by atoms with E-state index >= 15 is 0 Å². The van der Waals surface area contributed by atoms with Gasteiger partial charge in [0.05, 0.1) is 11.4 Å². The number of hydrogen-bond donors (Lipinski definition) is 1. The molecule has 0 fully saturated rings. The Labute approximate surface area is 147 Å². The first-order valence-corrected chi connectivity index (χ1v) is 8.54. The largest absolute Gasteiger partial charge is 0.378 e. The fourth-order valence-electron chi connectivity index (χ4n) is 2.40. The van der Waals surface area contributed by atoms with Gasteiger partial charge in [0.1, 0.15) is 0 Å². The van der Waals surface area contributed by atoms with Crippen LogP contribution in [-0.4, -0.2) is 38.9 Å². The van der Waals surface area contributed by atoms with E-state index in [0.29, 0.717) is 17.2 Å². The first-order valence-electron chi connectivity index (χ1n) is 7.66. The maximum Gasteiger partial charge on any atom is 0.190 e. The van der Waals surface area contributed by atoms with Gasteiger partial charge in [-0.25, -0.2) is 4.98 Å². The summed E-state index contributed by atoms with van der Waals surface area (Å²) in [5, 5.41) is 20.2. The van der Waals surface area contributed by atoms with Crippen LogP contribution in [0.3, 0.4) is 0 Å². The first kappa shape index (κ1) is 15.5. The number of azo groups is 1. The van der Waals surface area contributed by atoms with Crippen LogP contribution in [0.5, 0.6) is 0 Å². The number of aromatic amines is 1. The summed E-state index contributed by atoms with van der Waals surface area (Å²) >= 11 is 1.51. The number of hydrogen-bond acceptors (Lipinski definition) is 7. The molecule has 0 aliphatic heterocycles. The van der Waals surface area contributed by atoms with Gasteiger partial charge in [-0.1, -0.05) is 0 Å². The number of fused-ring (bicyclic) bond motifs is 1. The summed E-state index contributed by atoms with van der Waals surface area (Å²) in [6.45, 7) is 1.88. The molecule has 126 valence electrons. The number of H-pyrrole nitrogens is 1. The quantitative estimate of drug-likeness (QED) is 0.563. The highest BCUT2D eigenvalue weighted by Gasteiger charge is 2.15. The Morgan fingerprint density at radius 3 is 2.60 bits per heavy atom. The molecule has 25 heavy (non-hydrogen) atoms. The van der Waals surface area contributed by atoms with E-state index < -0.39 is 0 Å². The average Bonchev–Trinajstić information content (AvgIpc) is 3.30. The highest BCUT2D eigenvalue weighted by molar-refractivity contribution is 7.13. The zero-order valence-corrected chi connectivity index (χ0v) is 14.8. The van der Waals surface area contributed by atoms with Crippen molar-refractivity contribution in [1.29, 1.82) is 0 Å². The Hall–Kier alpha value is -3.07. The predicted molar refractivity (Wildman–Crippen MR) is 98.1 cm³/mol. The summed E-state index contributed by atoms with van der Waals surface area (Å²) < 4.78 is 1.54. The van der Waals surface area contributed by atoms with Crippen LogP contribution in [0, 0.1) is 6.92 Å². The van der Waals surface area contributed by atoms with Gasteiger partial charge in [0, 0.05) is 31.4 Å². The molecule has 0 saturated heterocycles.